The van der Waals surface area contributed by atoms with E-state index in [1.807, 2.05) is 36.4 Å². The predicted octanol–water partition coefficient (Wildman–Crippen LogP) is 4.22. The second-order valence-corrected chi connectivity index (χ2v) is 5.91. The van der Waals surface area contributed by atoms with E-state index in [0.29, 0.717) is 22.0 Å². The fourth-order valence-corrected chi connectivity index (χ4v) is 3.01. The SMILES string of the molecule is COC(=O)C1=C(C)N(c2ccccc2)C(=O)/C1=C\c1ccccc1Cl. The Hall–Kier alpha value is -2.85. The van der Waals surface area contributed by atoms with Crippen LogP contribution in [0, 0.1) is 0 Å². The summed E-state index contributed by atoms with van der Waals surface area (Å²) in [5.41, 5.74) is 2.39. The molecule has 0 N–H and O–H groups in total. The zero-order chi connectivity index (χ0) is 18.0. The van der Waals surface area contributed by atoms with E-state index in [0.717, 1.165) is 0 Å². The summed E-state index contributed by atoms with van der Waals surface area (Å²) in [7, 11) is 1.30. The summed E-state index contributed by atoms with van der Waals surface area (Å²) in [6.07, 6.45) is 1.63. The van der Waals surface area contributed by atoms with Gasteiger partial charge < -0.3 is 4.74 Å². The van der Waals surface area contributed by atoms with Crippen LogP contribution in [0.5, 0.6) is 0 Å². The number of hydrogen-bond acceptors (Lipinski definition) is 3. The average molecular weight is 354 g/mol. The number of hydrogen-bond donors (Lipinski definition) is 0. The Balaban J connectivity index is 2.17. The Morgan fingerprint density at radius 3 is 2.36 bits per heavy atom. The maximum atomic E-state index is 13.0. The summed E-state index contributed by atoms with van der Waals surface area (Å²) < 4.78 is 4.89. The number of esters is 1. The third-order valence-corrected chi connectivity index (χ3v) is 4.35. The van der Waals surface area contributed by atoms with Gasteiger partial charge in [-0.1, -0.05) is 48.0 Å². The number of ether oxygens (including phenoxy) is 1. The summed E-state index contributed by atoms with van der Waals surface area (Å²) in [6.45, 7) is 1.73. The fourth-order valence-electron chi connectivity index (χ4n) is 2.82. The standard InChI is InChI=1S/C20H16ClNO3/c1-13-18(20(24)25-2)16(12-14-8-6-7-11-17(14)21)19(23)22(13)15-9-4-3-5-10-15/h3-12H,1-2H3/b16-12-. The van der Waals surface area contributed by atoms with Crippen molar-refractivity contribution in [3.63, 3.8) is 0 Å². The summed E-state index contributed by atoms with van der Waals surface area (Å²) in [4.78, 5) is 26.8. The van der Waals surface area contributed by atoms with Crippen molar-refractivity contribution in [1.29, 1.82) is 0 Å². The summed E-state index contributed by atoms with van der Waals surface area (Å²) >= 11 is 6.20. The number of carbonyl (C=O) groups excluding carboxylic acids is 2. The Morgan fingerprint density at radius 2 is 1.72 bits per heavy atom. The van der Waals surface area contributed by atoms with E-state index in [4.69, 9.17) is 16.3 Å². The van der Waals surface area contributed by atoms with Crippen LogP contribution >= 0.6 is 11.6 Å². The molecule has 0 aliphatic carbocycles. The molecule has 0 radical (unpaired) electrons. The van der Waals surface area contributed by atoms with Crippen LogP contribution in [0.25, 0.3) is 6.08 Å². The third kappa shape index (κ3) is 3.08. The van der Waals surface area contributed by atoms with E-state index in [-0.39, 0.29) is 17.1 Å². The Morgan fingerprint density at radius 1 is 1.08 bits per heavy atom. The lowest BCUT2D eigenvalue weighted by Gasteiger charge is -2.17. The van der Waals surface area contributed by atoms with Gasteiger partial charge in [0.1, 0.15) is 0 Å². The van der Waals surface area contributed by atoms with Crippen LogP contribution in [-0.4, -0.2) is 19.0 Å². The Bertz CT molecular complexity index is 900. The molecule has 126 valence electrons. The van der Waals surface area contributed by atoms with E-state index in [1.54, 1.807) is 31.2 Å². The molecule has 0 spiro atoms. The molecule has 1 aliphatic rings. The summed E-state index contributed by atoms with van der Waals surface area (Å²) in [5, 5.41) is 0.503. The lowest BCUT2D eigenvalue weighted by molar-refractivity contribution is -0.136. The highest BCUT2D eigenvalue weighted by Gasteiger charge is 2.37. The van der Waals surface area contributed by atoms with Gasteiger partial charge in [0.2, 0.25) is 0 Å². The zero-order valence-corrected chi connectivity index (χ0v) is 14.6. The van der Waals surface area contributed by atoms with Crippen LogP contribution in [0.4, 0.5) is 5.69 Å². The van der Waals surface area contributed by atoms with Crippen molar-refractivity contribution in [1.82, 2.24) is 0 Å². The molecule has 0 fully saturated rings. The van der Waals surface area contributed by atoms with Crippen molar-refractivity contribution in [2.24, 2.45) is 0 Å². The number of benzene rings is 2. The van der Waals surface area contributed by atoms with Gasteiger partial charge in [-0.15, -0.1) is 0 Å². The Labute approximate surface area is 151 Å². The smallest absolute Gasteiger partial charge is 0.340 e. The predicted molar refractivity (Wildman–Crippen MR) is 98.1 cm³/mol. The first kappa shape index (κ1) is 17.0. The first-order valence-corrected chi connectivity index (χ1v) is 8.07. The highest BCUT2D eigenvalue weighted by molar-refractivity contribution is 6.32. The largest absolute Gasteiger partial charge is 0.465 e. The fraction of sp³-hybridized carbons (Fsp3) is 0.100. The van der Waals surface area contributed by atoms with Crippen molar-refractivity contribution >= 4 is 35.2 Å². The topological polar surface area (TPSA) is 46.6 Å². The van der Waals surface area contributed by atoms with Crippen molar-refractivity contribution in [3.8, 4) is 0 Å². The van der Waals surface area contributed by atoms with Gasteiger partial charge in [0.05, 0.1) is 18.3 Å². The van der Waals surface area contributed by atoms with Gasteiger partial charge in [-0.05, 0) is 36.8 Å². The molecule has 5 heteroatoms. The molecule has 3 rings (SSSR count). The second-order valence-electron chi connectivity index (χ2n) is 5.51. The maximum Gasteiger partial charge on any atom is 0.340 e. The summed E-state index contributed by atoms with van der Waals surface area (Å²) in [5.74, 6) is -0.841. The molecule has 4 nitrogen and oxygen atoms in total. The van der Waals surface area contributed by atoms with Gasteiger partial charge in [-0.25, -0.2) is 4.79 Å². The number of rotatable bonds is 3. The van der Waals surface area contributed by atoms with Crippen LogP contribution in [0.3, 0.4) is 0 Å². The number of amides is 1. The minimum atomic E-state index is -0.553. The number of methoxy groups -OCH3 is 1. The average Bonchev–Trinajstić information content (AvgIpc) is 2.87. The molecule has 1 aliphatic heterocycles. The van der Waals surface area contributed by atoms with Gasteiger partial charge in [0.25, 0.3) is 5.91 Å². The molecule has 0 unspecified atom stereocenters. The van der Waals surface area contributed by atoms with Gasteiger partial charge in [0.15, 0.2) is 0 Å². The van der Waals surface area contributed by atoms with Gasteiger partial charge in [-0.2, -0.15) is 0 Å². The van der Waals surface area contributed by atoms with Gasteiger partial charge in [-0.3, -0.25) is 9.69 Å². The lowest BCUT2D eigenvalue weighted by atomic mass is 10.0. The number of allylic oxidation sites excluding steroid dienone is 1. The molecule has 0 aromatic heterocycles. The van der Waals surface area contributed by atoms with E-state index in [2.05, 4.69) is 0 Å². The molecular weight excluding hydrogens is 338 g/mol. The molecule has 2 aromatic rings. The van der Waals surface area contributed by atoms with Crippen molar-refractivity contribution in [3.05, 3.63) is 82.0 Å². The van der Waals surface area contributed by atoms with Crippen LogP contribution in [0.2, 0.25) is 5.02 Å². The first-order valence-electron chi connectivity index (χ1n) is 7.70. The van der Waals surface area contributed by atoms with Crippen LogP contribution < -0.4 is 4.90 Å². The normalized spacial score (nSPS) is 15.9. The summed E-state index contributed by atoms with van der Waals surface area (Å²) in [6, 6.07) is 16.3. The van der Waals surface area contributed by atoms with E-state index in [1.165, 1.54) is 12.0 Å². The molecule has 0 saturated heterocycles. The maximum absolute atomic E-state index is 13.0. The van der Waals surface area contributed by atoms with Crippen molar-refractivity contribution in [2.45, 2.75) is 6.92 Å². The molecule has 0 saturated carbocycles. The molecule has 0 bridgehead atoms. The van der Waals surface area contributed by atoms with Crippen LogP contribution in [-0.2, 0) is 14.3 Å². The van der Waals surface area contributed by atoms with Crippen molar-refractivity contribution in [2.75, 3.05) is 12.0 Å². The van der Waals surface area contributed by atoms with E-state index in [9.17, 15) is 9.59 Å². The number of anilines is 1. The molecule has 25 heavy (non-hydrogen) atoms. The van der Waals surface area contributed by atoms with Crippen LogP contribution in [0.1, 0.15) is 12.5 Å². The van der Waals surface area contributed by atoms with Crippen molar-refractivity contribution < 1.29 is 14.3 Å². The van der Waals surface area contributed by atoms with E-state index < -0.39 is 5.97 Å². The third-order valence-electron chi connectivity index (χ3n) is 4.01. The first-order chi connectivity index (χ1) is 12.0. The zero-order valence-electron chi connectivity index (χ0n) is 13.8. The monoisotopic (exact) mass is 353 g/mol. The lowest BCUT2D eigenvalue weighted by Crippen LogP contribution is -2.24. The minimum absolute atomic E-state index is 0.247. The molecular formula is C20H16ClNO3. The number of halogens is 1. The van der Waals surface area contributed by atoms with Crippen LogP contribution in [0.15, 0.2) is 71.4 Å². The number of nitrogens with zero attached hydrogens (tertiary/aromatic N) is 1. The van der Waals surface area contributed by atoms with Gasteiger partial charge in [0, 0.05) is 16.4 Å². The van der Waals surface area contributed by atoms with Gasteiger partial charge >= 0.3 is 5.97 Å². The Kier molecular flexibility index (Phi) is 4.72. The quantitative estimate of drug-likeness (QED) is 0.613. The molecule has 1 amide bonds. The second kappa shape index (κ2) is 6.95. The highest BCUT2D eigenvalue weighted by atomic mass is 35.5. The molecule has 2 aromatic carbocycles. The van der Waals surface area contributed by atoms with E-state index >= 15 is 0 Å². The highest BCUT2D eigenvalue weighted by Crippen LogP contribution is 2.35. The molecule has 0 atom stereocenters. The molecule has 1 heterocycles. The number of carbonyl (C=O) groups is 2. The minimum Gasteiger partial charge on any atom is -0.465 e. The number of para-hydroxylation sites is 1.